The van der Waals surface area contributed by atoms with Crippen LogP contribution in [0.15, 0.2) is 0 Å². The molecule has 0 radical (unpaired) electrons. The van der Waals surface area contributed by atoms with Crippen molar-refractivity contribution in [2.75, 3.05) is 24.7 Å². The first-order valence-corrected chi connectivity index (χ1v) is 6.28. The summed E-state index contributed by atoms with van der Waals surface area (Å²) in [6, 6.07) is 0.289. The lowest BCUT2D eigenvalue weighted by molar-refractivity contribution is 0.226. The minimum absolute atomic E-state index is 0.259. The second kappa shape index (κ2) is 8.85. The van der Waals surface area contributed by atoms with Crippen molar-refractivity contribution in [2.24, 2.45) is 5.92 Å². The van der Waals surface area contributed by atoms with E-state index in [1.54, 1.807) is 0 Å². The lowest BCUT2D eigenvalue weighted by atomic mass is 10.0. The van der Waals surface area contributed by atoms with Gasteiger partial charge in [0.1, 0.15) is 0 Å². The monoisotopic (exact) mass is 205 g/mol. The molecule has 0 saturated carbocycles. The van der Waals surface area contributed by atoms with Crippen molar-refractivity contribution in [3.05, 3.63) is 0 Å². The largest absolute Gasteiger partial charge is 0.395 e. The standard InChI is InChI=1S/C10H23NOS/c1-4-13-6-5-11-10(8-12)7-9(2)3/h9-12H,4-8H2,1-3H3. The predicted molar refractivity (Wildman–Crippen MR) is 61.3 cm³/mol. The van der Waals surface area contributed by atoms with E-state index in [9.17, 15) is 0 Å². The van der Waals surface area contributed by atoms with Crippen molar-refractivity contribution in [2.45, 2.75) is 33.2 Å². The maximum atomic E-state index is 9.06. The van der Waals surface area contributed by atoms with Gasteiger partial charge in [0.05, 0.1) is 6.61 Å². The van der Waals surface area contributed by atoms with E-state index < -0.39 is 0 Å². The topological polar surface area (TPSA) is 32.3 Å². The minimum Gasteiger partial charge on any atom is -0.395 e. The van der Waals surface area contributed by atoms with Gasteiger partial charge in [-0.15, -0.1) is 0 Å². The predicted octanol–water partition coefficient (Wildman–Crippen LogP) is 1.74. The molecule has 0 spiro atoms. The van der Waals surface area contributed by atoms with Crippen LogP contribution in [-0.4, -0.2) is 35.8 Å². The number of hydrogen-bond acceptors (Lipinski definition) is 3. The number of aliphatic hydroxyl groups is 1. The van der Waals surface area contributed by atoms with Crippen molar-refractivity contribution in [1.82, 2.24) is 5.32 Å². The molecular weight excluding hydrogens is 182 g/mol. The average molecular weight is 205 g/mol. The maximum absolute atomic E-state index is 9.06. The molecule has 0 fully saturated rings. The third-order valence-electron chi connectivity index (χ3n) is 1.86. The van der Waals surface area contributed by atoms with E-state index in [1.807, 2.05) is 11.8 Å². The van der Waals surface area contributed by atoms with Crippen LogP contribution in [0.5, 0.6) is 0 Å². The Hall–Kier alpha value is 0.270. The van der Waals surface area contributed by atoms with E-state index in [2.05, 4.69) is 26.1 Å². The summed E-state index contributed by atoms with van der Waals surface area (Å²) in [7, 11) is 0. The Morgan fingerprint density at radius 3 is 2.54 bits per heavy atom. The Morgan fingerprint density at radius 2 is 2.08 bits per heavy atom. The molecule has 80 valence electrons. The van der Waals surface area contributed by atoms with Crippen LogP contribution in [0.3, 0.4) is 0 Å². The van der Waals surface area contributed by atoms with Crippen LogP contribution >= 0.6 is 11.8 Å². The number of thioether (sulfide) groups is 1. The lowest BCUT2D eigenvalue weighted by Gasteiger charge is -2.17. The summed E-state index contributed by atoms with van der Waals surface area (Å²) in [5.74, 6) is 2.98. The molecule has 0 aliphatic heterocycles. The van der Waals surface area contributed by atoms with E-state index in [0.29, 0.717) is 5.92 Å². The van der Waals surface area contributed by atoms with Gasteiger partial charge < -0.3 is 10.4 Å². The third-order valence-corrected chi connectivity index (χ3v) is 2.76. The first-order valence-electron chi connectivity index (χ1n) is 5.12. The highest BCUT2D eigenvalue weighted by Gasteiger charge is 2.07. The van der Waals surface area contributed by atoms with Crippen LogP contribution in [0.25, 0.3) is 0 Å². The van der Waals surface area contributed by atoms with Crippen LogP contribution in [-0.2, 0) is 0 Å². The quantitative estimate of drug-likeness (QED) is 0.592. The molecule has 0 aliphatic rings. The molecule has 0 saturated heterocycles. The highest BCUT2D eigenvalue weighted by molar-refractivity contribution is 7.99. The van der Waals surface area contributed by atoms with Crippen molar-refractivity contribution in [3.63, 3.8) is 0 Å². The van der Waals surface area contributed by atoms with Crippen molar-refractivity contribution >= 4 is 11.8 Å². The van der Waals surface area contributed by atoms with Crippen LogP contribution in [0.4, 0.5) is 0 Å². The van der Waals surface area contributed by atoms with Gasteiger partial charge in [0, 0.05) is 18.3 Å². The zero-order chi connectivity index (χ0) is 10.1. The van der Waals surface area contributed by atoms with E-state index in [1.165, 1.54) is 5.75 Å². The number of rotatable bonds is 8. The summed E-state index contributed by atoms with van der Waals surface area (Å²) in [5, 5.41) is 12.4. The van der Waals surface area contributed by atoms with Gasteiger partial charge >= 0.3 is 0 Å². The fourth-order valence-corrected chi connectivity index (χ4v) is 1.82. The van der Waals surface area contributed by atoms with Crippen molar-refractivity contribution < 1.29 is 5.11 Å². The molecule has 2 N–H and O–H groups in total. The average Bonchev–Trinajstić information content (AvgIpc) is 2.09. The zero-order valence-corrected chi connectivity index (χ0v) is 9.86. The number of aliphatic hydroxyl groups excluding tert-OH is 1. The molecule has 0 aromatic rings. The maximum Gasteiger partial charge on any atom is 0.0584 e. The second-order valence-electron chi connectivity index (χ2n) is 3.66. The van der Waals surface area contributed by atoms with Gasteiger partial charge in [0.15, 0.2) is 0 Å². The van der Waals surface area contributed by atoms with Crippen LogP contribution in [0.2, 0.25) is 0 Å². The summed E-state index contributed by atoms with van der Waals surface area (Å²) >= 11 is 1.94. The highest BCUT2D eigenvalue weighted by atomic mass is 32.2. The number of nitrogens with one attached hydrogen (secondary N) is 1. The first-order chi connectivity index (χ1) is 6.20. The SMILES string of the molecule is CCSCCNC(CO)CC(C)C. The molecule has 1 unspecified atom stereocenters. The van der Waals surface area contributed by atoms with Gasteiger partial charge in [-0.25, -0.2) is 0 Å². The van der Waals surface area contributed by atoms with Crippen LogP contribution in [0, 0.1) is 5.92 Å². The molecule has 0 amide bonds. The van der Waals surface area contributed by atoms with E-state index >= 15 is 0 Å². The Bertz CT molecular complexity index is 109. The van der Waals surface area contributed by atoms with Gasteiger partial charge in [0.25, 0.3) is 0 Å². The van der Waals surface area contributed by atoms with E-state index in [0.717, 1.165) is 18.7 Å². The molecule has 0 bridgehead atoms. The molecular formula is C10H23NOS. The van der Waals surface area contributed by atoms with E-state index in [-0.39, 0.29) is 12.6 Å². The molecule has 13 heavy (non-hydrogen) atoms. The van der Waals surface area contributed by atoms with Crippen molar-refractivity contribution in [1.29, 1.82) is 0 Å². The van der Waals surface area contributed by atoms with Gasteiger partial charge in [-0.2, -0.15) is 11.8 Å². The third kappa shape index (κ3) is 8.60. The molecule has 0 aliphatic carbocycles. The minimum atomic E-state index is 0.259. The molecule has 2 nitrogen and oxygen atoms in total. The van der Waals surface area contributed by atoms with Gasteiger partial charge in [-0.05, 0) is 18.1 Å². The molecule has 1 atom stereocenters. The Morgan fingerprint density at radius 1 is 1.38 bits per heavy atom. The fourth-order valence-electron chi connectivity index (χ4n) is 1.27. The summed E-state index contributed by atoms with van der Waals surface area (Å²) in [5.41, 5.74) is 0. The molecule has 0 heterocycles. The molecule has 0 aromatic carbocycles. The highest BCUT2D eigenvalue weighted by Crippen LogP contribution is 2.04. The Labute approximate surface area is 86.5 Å². The van der Waals surface area contributed by atoms with E-state index in [4.69, 9.17) is 5.11 Å². The molecule has 3 heteroatoms. The van der Waals surface area contributed by atoms with Crippen LogP contribution < -0.4 is 5.32 Å². The second-order valence-corrected chi connectivity index (χ2v) is 5.05. The summed E-state index contributed by atoms with van der Waals surface area (Å²) in [4.78, 5) is 0. The summed E-state index contributed by atoms with van der Waals surface area (Å²) in [6.45, 7) is 7.81. The summed E-state index contributed by atoms with van der Waals surface area (Å²) in [6.07, 6.45) is 1.06. The zero-order valence-electron chi connectivity index (χ0n) is 9.05. The van der Waals surface area contributed by atoms with Gasteiger partial charge in [0.2, 0.25) is 0 Å². The summed E-state index contributed by atoms with van der Waals surface area (Å²) < 4.78 is 0. The smallest absolute Gasteiger partial charge is 0.0584 e. The molecule has 0 aromatic heterocycles. The van der Waals surface area contributed by atoms with Gasteiger partial charge in [-0.1, -0.05) is 20.8 Å². The Balaban J connectivity index is 3.36. The van der Waals surface area contributed by atoms with Crippen LogP contribution in [0.1, 0.15) is 27.2 Å². The lowest BCUT2D eigenvalue weighted by Crippen LogP contribution is -2.35. The normalized spacial score (nSPS) is 13.6. The number of hydrogen-bond donors (Lipinski definition) is 2. The first kappa shape index (κ1) is 13.3. The van der Waals surface area contributed by atoms with Gasteiger partial charge in [-0.3, -0.25) is 0 Å². The van der Waals surface area contributed by atoms with Crippen molar-refractivity contribution in [3.8, 4) is 0 Å². The molecule has 0 rings (SSSR count). The Kier molecular flexibility index (Phi) is 9.03. The fraction of sp³-hybridized carbons (Fsp3) is 1.00.